The van der Waals surface area contributed by atoms with Crippen LogP contribution in [0.4, 0.5) is 5.69 Å². The zero-order valence-corrected chi connectivity index (χ0v) is 13.0. The second kappa shape index (κ2) is 5.59. The summed E-state index contributed by atoms with van der Waals surface area (Å²) < 4.78 is 5.57. The molecule has 1 aromatic carbocycles. The van der Waals surface area contributed by atoms with E-state index < -0.39 is 0 Å². The van der Waals surface area contributed by atoms with Crippen LogP contribution < -0.4 is 15.0 Å². The number of piperazine rings is 1. The molecule has 0 atom stereocenters. The van der Waals surface area contributed by atoms with Crippen molar-refractivity contribution in [2.75, 3.05) is 38.2 Å². The predicted molar refractivity (Wildman–Crippen MR) is 81.8 cm³/mol. The van der Waals surface area contributed by atoms with Crippen molar-refractivity contribution in [2.45, 2.75) is 26.2 Å². The third kappa shape index (κ3) is 3.15. The Bertz CT molecular complexity index is 448. The molecule has 3 nitrogen and oxygen atoms in total. The summed E-state index contributed by atoms with van der Waals surface area (Å²) >= 11 is 6.51. The minimum absolute atomic E-state index is 0.0684. The van der Waals surface area contributed by atoms with E-state index in [1.54, 1.807) is 7.11 Å². The second-order valence-corrected chi connectivity index (χ2v) is 6.40. The molecule has 0 radical (unpaired) electrons. The number of nitrogens with one attached hydrogen (secondary N) is 1. The van der Waals surface area contributed by atoms with E-state index in [0.29, 0.717) is 0 Å². The molecule has 1 aliphatic rings. The lowest BCUT2D eigenvalue weighted by Gasteiger charge is -2.32. The first-order chi connectivity index (χ1) is 8.93. The van der Waals surface area contributed by atoms with Crippen molar-refractivity contribution in [3.8, 4) is 5.75 Å². The van der Waals surface area contributed by atoms with E-state index in [-0.39, 0.29) is 5.41 Å². The predicted octanol–water partition coefficient (Wildman–Crippen LogP) is 3.06. The van der Waals surface area contributed by atoms with Crippen molar-refractivity contribution in [1.82, 2.24) is 5.32 Å². The highest BCUT2D eigenvalue weighted by Crippen LogP contribution is 2.40. The van der Waals surface area contributed by atoms with E-state index in [2.05, 4.69) is 43.1 Å². The normalized spacial score (nSPS) is 16.6. The van der Waals surface area contributed by atoms with Crippen LogP contribution in [0.25, 0.3) is 0 Å². The van der Waals surface area contributed by atoms with Crippen LogP contribution in [-0.2, 0) is 5.41 Å². The number of rotatable bonds is 2. The highest BCUT2D eigenvalue weighted by Gasteiger charge is 2.22. The Morgan fingerprint density at radius 3 is 2.37 bits per heavy atom. The van der Waals surface area contributed by atoms with Gasteiger partial charge in [-0.3, -0.25) is 0 Å². The number of anilines is 1. The molecule has 2 rings (SSSR count). The Morgan fingerprint density at radius 1 is 1.21 bits per heavy atom. The molecule has 1 aliphatic heterocycles. The standard InChI is InChI=1S/C15H23ClN2O/c1-15(2,3)11-9-12(16)14(13(10-11)19-4)18-7-5-17-6-8-18/h9-10,17H,5-8H2,1-4H3. The van der Waals surface area contributed by atoms with Gasteiger partial charge in [0.25, 0.3) is 0 Å². The van der Waals surface area contributed by atoms with Gasteiger partial charge in [0.2, 0.25) is 0 Å². The second-order valence-electron chi connectivity index (χ2n) is 6.00. The van der Waals surface area contributed by atoms with Gasteiger partial charge in [0, 0.05) is 26.2 Å². The molecular weight excluding hydrogens is 260 g/mol. The Morgan fingerprint density at radius 2 is 1.84 bits per heavy atom. The van der Waals surface area contributed by atoms with Crippen LogP contribution in [0.5, 0.6) is 5.75 Å². The van der Waals surface area contributed by atoms with Crippen molar-refractivity contribution in [2.24, 2.45) is 0 Å². The lowest BCUT2D eigenvalue weighted by atomic mass is 9.86. The molecule has 1 saturated heterocycles. The van der Waals surface area contributed by atoms with Crippen molar-refractivity contribution < 1.29 is 4.74 Å². The molecule has 1 N–H and O–H groups in total. The van der Waals surface area contributed by atoms with Crippen molar-refractivity contribution in [3.63, 3.8) is 0 Å². The van der Waals surface area contributed by atoms with E-state index in [1.807, 2.05) is 0 Å². The molecule has 0 bridgehead atoms. The van der Waals surface area contributed by atoms with Crippen LogP contribution in [0, 0.1) is 0 Å². The molecule has 0 unspecified atom stereocenters. The van der Waals surface area contributed by atoms with Crippen LogP contribution in [0.15, 0.2) is 12.1 Å². The number of methoxy groups -OCH3 is 1. The van der Waals surface area contributed by atoms with Crippen LogP contribution >= 0.6 is 11.6 Å². The quantitative estimate of drug-likeness (QED) is 0.902. The zero-order valence-electron chi connectivity index (χ0n) is 12.2. The molecular formula is C15H23ClN2O. The fourth-order valence-electron chi connectivity index (χ4n) is 2.36. The lowest BCUT2D eigenvalue weighted by Crippen LogP contribution is -2.43. The summed E-state index contributed by atoms with van der Waals surface area (Å²) in [5, 5.41) is 4.13. The highest BCUT2D eigenvalue weighted by molar-refractivity contribution is 6.33. The van der Waals surface area contributed by atoms with Gasteiger partial charge in [-0.25, -0.2) is 0 Å². The van der Waals surface area contributed by atoms with Gasteiger partial charge in [-0.05, 0) is 23.1 Å². The van der Waals surface area contributed by atoms with Gasteiger partial charge in [0.15, 0.2) is 0 Å². The van der Waals surface area contributed by atoms with Crippen molar-refractivity contribution in [3.05, 3.63) is 22.7 Å². The van der Waals surface area contributed by atoms with Crippen LogP contribution in [0.3, 0.4) is 0 Å². The van der Waals surface area contributed by atoms with Crippen molar-refractivity contribution in [1.29, 1.82) is 0 Å². The number of benzene rings is 1. The number of hydrogen-bond donors (Lipinski definition) is 1. The maximum absolute atomic E-state index is 6.51. The van der Waals surface area contributed by atoms with Gasteiger partial charge in [0.05, 0.1) is 17.8 Å². The molecule has 1 heterocycles. The molecule has 0 amide bonds. The maximum Gasteiger partial charge on any atom is 0.143 e. The van der Waals surface area contributed by atoms with Gasteiger partial charge >= 0.3 is 0 Å². The van der Waals surface area contributed by atoms with E-state index in [9.17, 15) is 0 Å². The Labute approximate surface area is 120 Å². The highest BCUT2D eigenvalue weighted by atomic mass is 35.5. The Kier molecular flexibility index (Phi) is 4.26. The van der Waals surface area contributed by atoms with E-state index >= 15 is 0 Å². The van der Waals surface area contributed by atoms with Crippen LogP contribution in [0.2, 0.25) is 5.02 Å². The summed E-state index contributed by atoms with van der Waals surface area (Å²) in [5.74, 6) is 0.874. The summed E-state index contributed by atoms with van der Waals surface area (Å²) in [6, 6.07) is 4.19. The number of nitrogens with zero attached hydrogens (tertiary/aromatic N) is 1. The average Bonchev–Trinajstić information content (AvgIpc) is 2.37. The molecule has 0 aromatic heterocycles. The van der Waals surface area contributed by atoms with E-state index in [4.69, 9.17) is 16.3 Å². The number of hydrogen-bond acceptors (Lipinski definition) is 3. The maximum atomic E-state index is 6.51. The summed E-state index contributed by atoms with van der Waals surface area (Å²) in [7, 11) is 1.71. The Hall–Kier alpha value is -0.930. The first kappa shape index (κ1) is 14.5. The third-order valence-corrected chi connectivity index (χ3v) is 3.84. The summed E-state index contributed by atoms with van der Waals surface area (Å²) in [4.78, 5) is 2.30. The molecule has 4 heteroatoms. The first-order valence-corrected chi connectivity index (χ1v) is 7.15. The SMILES string of the molecule is COc1cc(C(C)(C)C)cc(Cl)c1N1CCNCC1. The van der Waals surface area contributed by atoms with Crippen molar-refractivity contribution >= 4 is 17.3 Å². The van der Waals surface area contributed by atoms with Crippen LogP contribution in [-0.4, -0.2) is 33.3 Å². The molecule has 1 fully saturated rings. The molecule has 0 saturated carbocycles. The summed E-state index contributed by atoms with van der Waals surface area (Å²) in [6.07, 6.45) is 0. The van der Waals surface area contributed by atoms with E-state index in [0.717, 1.165) is 42.6 Å². The molecule has 1 aromatic rings. The lowest BCUT2D eigenvalue weighted by molar-refractivity contribution is 0.411. The molecule has 19 heavy (non-hydrogen) atoms. The van der Waals surface area contributed by atoms with E-state index in [1.165, 1.54) is 5.56 Å². The molecule has 0 spiro atoms. The molecule has 106 valence electrons. The van der Waals surface area contributed by atoms with Crippen LogP contribution in [0.1, 0.15) is 26.3 Å². The minimum atomic E-state index is 0.0684. The third-order valence-electron chi connectivity index (χ3n) is 3.55. The monoisotopic (exact) mass is 282 g/mol. The number of halogens is 1. The summed E-state index contributed by atoms with van der Waals surface area (Å²) in [5.41, 5.74) is 2.30. The fourth-order valence-corrected chi connectivity index (χ4v) is 2.69. The van der Waals surface area contributed by atoms with Gasteiger partial charge in [-0.15, -0.1) is 0 Å². The van der Waals surface area contributed by atoms with Gasteiger partial charge < -0.3 is 15.0 Å². The van der Waals surface area contributed by atoms with Gasteiger partial charge in [0.1, 0.15) is 5.75 Å². The smallest absolute Gasteiger partial charge is 0.143 e. The molecule has 0 aliphatic carbocycles. The van der Waals surface area contributed by atoms with Gasteiger partial charge in [-0.2, -0.15) is 0 Å². The van der Waals surface area contributed by atoms with Gasteiger partial charge in [-0.1, -0.05) is 32.4 Å². The topological polar surface area (TPSA) is 24.5 Å². The minimum Gasteiger partial charge on any atom is -0.495 e. The Balaban J connectivity index is 2.43. The largest absolute Gasteiger partial charge is 0.495 e. The first-order valence-electron chi connectivity index (χ1n) is 6.77. The zero-order chi connectivity index (χ0) is 14.0. The average molecular weight is 283 g/mol. The fraction of sp³-hybridized carbons (Fsp3) is 0.600. The number of ether oxygens (including phenoxy) is 1. The summed E-state index contributed by atoms with van der Waals surface area (Å²) in [6.45, 7) is 10.4.